The molecule has 0 saturated heterocycles. The lowest BCUT2D eigenvalue weighted by Crippen LogP contribution is -2.16. The van der Waals surface area contributed by atoms with Crippen molar-refractivity contribution in [3.8, 4) is 0 Å². The topological polar surface area (TPSA) is 119 Å². The van der Waals surface area contributed by atoms with Gasteiger partial charge in [-0.1, -0.05) is 11.6 Å². The van der Waals surface area contributed by atoms with Crippen molar-refractivity contribution in [2.45, 2.75) is 0 Å². The maximum Gasteiger partial charge on any atom is 0.315 e. The molecule has 0 aliphatic carbocycles. The van der Waals surface area contributed by atoms with Gasteiger partial charge in [-0.15, -0.1) is 0 Å². The van der Waals surface area contributed by atoms with Gasteiger partial charge in [0.2, 0.25) is 0 Å². The molecule has 0 aromatic heterocycles. The second kappa shape index (κ2) is 7.00. The molecular weight excluding hydrogens is 258 g/mol. The van der Waals surface area contributed by atoms with E-state index in [1.54, 1.807) is 0 Å². The van der Waals surface area contributed by atoms with Gasteiger partial charge in [-0.3, -0.25) is 10.1 Å². The summed E-state index contributed by atoms with van der Waals surface area (Å²) in [7, 11) is 0. The summed E-state index contributed by atoms with van der Waals surface area (Å²) in [6, 6.07) is 3.01. The van der Waals surface area contributed by atoms with E-state index >= 15 is 0 Å². The van der Waals surface area contributed by atoms with E-state index in [4.69, 9.17) is 23.1 Å². The van der Waals surface area contributed by atoms with E-state index in [9.17, 15) is 10.1 Å². The highest BCUT2D eigenvalue weighted by Gasteiger charge is 2.20. The zero-order chi connectivity index (χ0) is 13.5. The monoisotopic (exact) mass is 273 g/mol. The molecule has 0 saturated carbocycles. The molecule has 0 atom stereocenters. The van der Waals surface area contributed by atoms with Gasteiger partial charge in [0.25, 0.3) is 0 Å². The Hall–Kier alpha value is -1.57. The Morgan fingerprint density at radius 3 is 1.94 bits per heavy atom. The molecule has 0 heterocycles. The van der Waals surface area contributed by atoms with E-state index in [0.717, 1.165) is 0 Å². The molecule has 8 heteroatoms. The van der Waals surface area contributed by atoms with Gasteiger partial charge in [-0.2, -0.15) is 0 Å². The summed E-state index contributed by atoms with van der Waals surface area (Å²) < 4.78 is 0. The molecule has 100 valence electrons. The summed E-state index contributed by atoms with van der Waals surface area (Å²) in [5.74, 6) is 0. The van der Waals surface area contributed by atoms with Gasteiger partial charge in [-0.25, -0.2) is 0 Å². The predicted octanol–water partition coefficient (Wildman–Crippen LogP) is 0.989. The number of nitrogens with two attached hydrogens (primary N) is 2. The standard InChI is InChI=1S/C10H16ClN5O2/c11-7-5-8(14-3-1-12)10(16(17)18)9(6-7)15-4-2-13/h5-6,14-15H,1-4,12-13H2. The largest absolute Gasteiger partial charge is 0.378 e. The third-order valence-corrected chi connectivity index (χ3v) is 2.40. The number of anilines is 2. The molecule has 0 unspecified atom stereocenters. The summed E-state index contributed by atoms with van der Waals surface area (Å²) in [6.45, 7) is 1.60. The van der Waals surface area contributed by atoms with Crippen LogP contribution in [0.5, 0.6) is 0 Å². The van der Waals surface area contributed by atoms with Crippen LogP contribution >= 0.6 is 11.6 Å². The minimum absolute atomic E-state index is 0.0544. The van der Waals surface area contributed by atoms with Crippen LogP contribution in [0, 0.1) is 10.1 Å². The van der Waals surface area contributed by atoms with Gasteiger partial charge >= 0.3 is 5.69 Å². The van der Waals surface area contributed by atoms with E-state index in [0.29, 0.717) is 42.6 Å². The zero-order valence-corrected chi connectivity index (χ0v) is 10.5. The van der Waals surface area contributed by atoms with E-state index in [1.165, 1.54) is 12.1 Å². The Labute approximate surface area is 110 Å². The molecular formula is C10H16ClN5O2. The Morgan fingerprint density at radius 1 is 1.17 bits per heavy atom. The van der Waals surface area contributed by atoms with Crippen LogP contribution in [0.2, 0.25) is 5.02 Å². The number of nitrogens with zero attached hydrogens (tertiary/aromatic N) is 1. The molecule has 18 heavy (non-hydrogen) atoms. The molecule has 0 aliphatic rings. The second-order valence-electron chi connectivity index (χ2n) is 3.54. The van der Waals surface area contributed by atoms with Crippen molar-refractivity contribution in [2.75, 3.05) is 36.8 Å². The van der Waals surface area contributed by atoms with Gasteiger partial charge in [-0.05, 0) is 12.1 Å². The molecule has 0 fully saturated rings. The fraction of sp³-hybridized carbons (Fsp3) is 0.400. The van der Waals surface area contributed by atoms with Crippen LogP contribution in [0.3, 0.4) is 0 Å². The van der Waals surface area contributed by atoms with E-state index in [1.807, 2.05) is 0 Å². The molecule has 6 N–H and O–H groups in total. The molecule has 0 bridgehead atoms. The van der Waals surface area contributed by atoms with Gasteiger partial charge in [0.05, 0.1) is 4.92 Å². The fourth-order valence-electron chi connectivity index (χ4n) is 1.48. The van der Waals surface area contributed by atoms with Crippen LogP contribution in [-0.2, 0) is 0 Å². The summed E-state index contributed by atoms with van der Waals surface area (Å²) in [6.07, 6.45) is 0. The second-order valence-corrected chi connectivity index (χ2v) is 3.97. The smallest absolute Gasteiger partial charge is 0.315 e. The third kappa shape index (κ3) is 3.73. The number of hydrogen-bond donors (Lipinski definition) is 4. The number of rotatable bonds is 7. The van der Waals surface area contributed by atoms with Crippen molar-refractivity contribution in [1.82, 2.24) is 0 Å². The SMILES string of the molecule is NCCNc1cc(Cl)cc(NCCN)c1[N+](=O)[O-]. The first-order valence-electron chi connectivity index (χ1n) is 5.46. The van der Waals surface area contributed by atoms with Crippen molar-refractivity contribution < 1.29 is 4.92 Å². The average Bonchev–Trinajstić information content (AvgIpc) is 2.32. The van der Waals surface area contributed by atoms with Crippen LogP contribution in [0.4, 0.5) is 17.1 Å². The lowest BCUT2D eigenvalue weighted by molar-refractivity contribution is -0.383. The lowest BCUT2D eigenvalue weighted by Gasteiger charge is -2.11. The molecule has 0 amide bonds. The van der Waals surface area contributed by atoms with Crippen LogP contribution < -0.4 is 22.1 Å². The number of halogens is 1. The number of benzene rings is 1. The maximum atomic E-state index is 11.1. The number of nitrogens with one attached hydrogen (secondary N) is 2. The van der Waals surface area contributed by atoms with Crippen molar-refractivity contribution >= 4 is 28.7 Å². The van der Waals surface area contributed by atoms with Crippen molar-refractivity contribution in [2.24, 2.45) is 11.5 Å². The number of hydrogen-bond acceptors (Lipinski definition) is 6. The summed E-state index contributed by atoms with van der Waals surface area (Å²) in [4.78, 5) is 10.6. The summed E-state index contributed by atoms with van der Waals surface area (Å²) in [5.41, 5.74) is 11.4. The minimum atomic E-state index is -0.464. The van der Waals surface area contributed by atoms with Gasteiger partial charge in [0, 0.05) is 31.2 Å². The van der Waals surface area contributed by atoms with E-state index in [-0.39, 0.29) is 5.69 Å². The zero-order valence-electron chi connectivity index (χ0n) is 9.78. The first-order chi connectivity index (χ1) is 8.60. The van der Waals surface area contributed by atoms with Crippen molar-refractivity contribution in [3.63, 3.8) is 0 Å². The minimum Gasteiger partial charge on any atom is -0.378 e. The number of nitro benzene ring substituents is 1. The highest BCUT2D eigenvalue weighted by molar-refractivity contribution is 6.31. The predicted molar refractivity (Wildman–Crippen MR) is 73.2 cm³/mol. The first-order valence-corrected chi connectivity index (χ1v) is 5.83. The van der Waals surface area contributed by atoms with Crippen LogP contribution in [0.1, 0.15) is 0 Å². The first kappa shape index (κ1) is 14.5. The molecule has 0 spiro atoms. The lowest BCUT2D eigenvalue weighted by atomic mass is 10.2. The van der Waals surface area contributed by atoms with Gasteiger partial charge in [0.1, 0.15) is 11.4 Å². The summed E-state index contributed by atoms with van der Waals surface area (Å²) >= 11 is 5.92. The van der Waals surface area contributed by atoms with Crippen LogP contribution in [0.25, 0.3) is 0 Å². The van der Waals surface area contributed by atoms with Gasteiger partial charge < -0.3 is 22.1 Å². The molecule has 0 aliphatic heterocycles. The molecule has 1 aromatic carbocycles. The molecule has 1 aromatic rings. The van der Waals surface area contributed by atoms with Crippen molar-refractivity contribution in [1.29, 1.82) is 0 Å². The molecule has 0 radical (unpaired) electrons. The summed E-state index contributed by atoms with van der Waals surface area (Å²) in [5, 5.41) is 17.3. The Bertz CT molecular complexity index is 398. The highest BCUT2D eigenvalue weighted by atomic mass is 35.5. The maximum absolute atomic E-state index is 11.1. The third-order valence-electron chi connectivity index (χ3n) is 2.18. The fourth-order valence-corrected chi connectivity index (χ4v) is 1.70. The Morgan fingerprint density at radius 2 is 1.61 bits per heavy atom. The quantitative estimate of drug-likeness (QED) is 0.434. The number of nitro groups is 1. The van der Waals surface area contributed by atoms with Crippen molar-refractivity contribution in [3.05, 3.63) is 27.3 Å². The van der Waals surface area contributed by atoms with Crippen LogP contribution in [-0.4, -0.2) is 31.1 Å². The Balaban J connectivity index is 3.13. The Kier molecular flexibility index (Phi) is 5.63. The van der Waals surface area contributed by atoms with Crippen LogP contribution in [0.15, 0.2) is 12.1 Å². The highest BCUT2D eigenvalue weighted by Crippen LogP contribution is 2.36. The van der Waals surface area contributed by atoms with E-state index in [2.05, 4.69) is 10.6 Å². The average molecular weight is 274 g/mol. The molecule has 7 nitrogen and oxygen atoms in total. The molecule has 1 rings (SSSR count). The van der Waals surface area contributed by atoms with Gasteiger partial charge in [0.15, 0.2) is 0 Å². The van der Waals surface area contributed by atoms with E-state index < -0.39 is 4.92 Å². The normalized spacial score (nSPS) is 10.2.